The summed E-state index contributed by atoms with van der Waals surface area (Å²) in [4.78, 5) is 14.8. The first-order valence-electron chi connectivity index (χ1n) is 13.5. The molecule has 1 aliphatic rings. The molecular weight excluding hydrogens is 464 g/mol. The zero-order valence-corrected chi connectivity index (χ0v) is 22.1. The Bertz CT molecular complexity index is 1600. The summed E-state index contributed by atoms with van der Waals surface area (Å²) in [6.07, 6.45) is 7.36. The van der Waals surface area contributed by atoms with E-state index in [1.54, 1.807) is 0 Å². The number of benzene rings is 3. The summed E-state index contributed by atoms with van der Waals surface area (Å²) in [5.41, 5.74) is 10.6. The molecule has 0 bridgehead atoms. The number of nitrogens with zero attached hydrogens (tertiary/aromatic N) is 4. The number of hydrogen-bond acceptors (Lipinski definition) is 3. The first-order valence-corrected chi connectivity index (χ1v) is 13.5. The molecule has 1 aliphatic carbocycles. The van der Waals surface area contributed by atoms with Gasteiger partial charge < -0.3 is 0 Å². The smallest absolute Gasteiger partial charge is 0.160 e. The van der Waals surface area contributed by atoms with Crippen LogP contribution in [0.3, 0.4) is 0 Å². The number of hydrogen-bond donors (Lipinski definition) is 0. The van der Waals surface area contributed by atoms with Gasteiger partial charge in [0.1, 0.15) is 5.82 Å². The van der Waals surface area contributed by atoms with Crippen molar-refractivity contribution in [3.8, 4) is 28.3 Å². The van der Waals surface area contributed by atoms with Crippen molar-refractivity contribution in [3.63, 3.8) is 0 Å². The first-order chi connectivity index (χ1) is 18.7. The van der Waals surface area contributed by atoms with Gasteiger partial charge in [-0.1, -0.05) is 72.8 Å². The van der Waals surface area contributed by atoms with Gasteiger partial charge in [-0.15, -0.1) is 0 Å². The van der Waals surface area contributed by atoms with Crippen LogP contribution in [0.1, 0.15) is 47.8 Å². The Morgan fingerprint density at radius 1 is 0.816 bits per heavy atom. The van der Waals surface area contributed by atoms with Crippen molar-refractivity contribution >= 4 is 12.0 Å². The van der Waals surface area contributed by atoms with E-state index in [9.17, 15) is 0 Å². The maximum Gasteiger partial charge on any atom is 0.160 e. The fraction of sp³-hybridized carbons (Fsp3) is 0.206. The Balaban J connectivity index is 1.48. The maximum absolute atomic E-state index is 5.05. The third kappa shape index (κ3) is 4.70. The molecule has 4 heteroatoms. The molecular formula is C34H32N4. The van der Waals surface area contributed by atoms with Crippen molar-refractivity contribution in [1.29, 1.82) is 0 Å². The molecule has 0 spiro atoms. The van der Waals surface area contributed by atoms with Crippen LogP contribution in [0.15, 0.2) is 96.0 Å². The van der Waals surface area contributed by atoms with Crippen molar-refractivity contribution in [2.24, 2.45) is 4.99 Å². The number of rotatable bonds is 6. The van der Waals surface area contributed by atoms with Crippen LogP contribution in [0.25, 0.3) is 28.3 Å². The summed E-state index contributed by atoms with van der Waals surface area (Å²) in [6.45, 7) is 4.21. The van der Waals surface area contributed by atoms with Crippen molar-refractivity contribution in [2.45, 2.75) is 46.0 Å². The highest BCUT2D eigenvalue weighted by Crippen LogP contribution is 2.37. The fourth-order valence-electron chi connectivity index (χ4n) is 5.59. The van der Waals surface area contributed by atoms with E-state index in [0.29, 0.717) is 0 Å². The number of aromatic nitrogens is 3. The quantitative estimate of drug-likeness (QED) is 0.223. The average Bonchev–Trinajstić information content (AvgIpc) is 3.25. The molecule has 6 rings (SSSR count). The summed E-state index contributed by atoms with van der Waals surface area (Å²) >= 11 is 0. The lowest BCUT2D eigenvalue weighted by molar-refractivity contribution is 0.662. The Labute approximate surface area is 224 Å². The monoisotopic (exact) mass is 496 g/mol. The second-order valence-corrected chi connectivity index (χ2v) is 9.95. The van der Waals surface area contributed by atoms with Crippen LogP contribution in [-0.2, 0) is 19.3 Å². The van der Waals surface area contributed by atoms with Gasteiger partial charge >= 0.3 is 0 Å². The summed E-state index contributed by atoms with van der Waals surface area (Å²) in [5, 5.41) is 0. The van der Waals surface area contributed by atoms with Crippen LogP contribution in [0.5, 0.6) is 0 Å². The molecule has 3 aromatic carbocycles. The van der Waals surface area contributed by atoms with Gasteiger partial charge in [0, 0.05) is 40.8 Å². The zero-order chi connectivity index (χ0) is 25.9. The molecule has 0 saturated heterocycles. The lowest BCUT2D eigenvalue weighted by Crippen LogP contribution is -2.07. The minimum Gasteiger partial charge on any atom is -0.298 e. The van der Waals surface area contributed by atoms with Crippen molar-refractivity contribution in [1.82, 2.24) is 14.5 Å². The van der Waals surface area contributed by atoms with Gasteiger partial charge in [-0.05, 0) is 74.4 Å². The molecule has 0 N–H and O–H groups in total. The topological polar surface area (TPSA) is 43.1 Å². The zero-order valence-electron chi connectivity index (χ0n) is 22.1. The molecule has 2 aromatic heterocycles. The lowest BCUT2D eigenvalue weighted by Gasteiger charge is -2.17. The highest BCUT2D eigenvalue weighted by Gasteiger charge is 2.23. The van der Waals surface area contributed by atoms with E-state index in [-0.39, 0.29) is 0 Å². The van der Waals surface area contributed by atoms with Gasteiger partial charge in [-0.2, -0.15) is 0 Å². The normalized spacial score (nSPS) is 13.1. The van der Waals surface area contributed by atoms with Crippen LogP contribution in [-0.4, -0.2) is 20.7 Å². The molecule has 0 amide bonds. The van der Waals surface area contributed by atoms with Gasteiger partial charge in [-0.25, -0.2) is 15.0 Å². The molecule has 4 nitrogen and oxygen atoms in total. The predicted molar refractivity (Wildman–Crippen MR) is 157 cm³/mol. The third-order valence-corrected chi connectivity index (χ3v) is 7.40. The molecule has 2 heterocycles. The van der Waals surface area contributed by atoms with Crippen LogP contribution in [0, 0.1) is 6.92 Å². The van der Waals surface area contributed by atoms with E-state index in [4.69, 9.17) is 15.0 Å². The lowest BCUT2D eigenvalue weighted by atomic mass is 9.95. The maximum atomic E-state index is 5.05. The van der Waals surface area contributed by atoms with E-state index in [1.165, 1.54) is 35.2 Å². The van der Waals surface area contributed by atoms with E-state index in [1.807, 2.05) is 37.4 Å². The van der Waals surface area contributed by atoms with Gasteiger partial charge in [0.2, 0.25) is 0 Å². The van der Waals surface area contributed by atoms with E-state index in [2.05, 4.69) is 78.2 Å². The van der Waals surface area contributed by atoms with Crippen LogP contribution in [0.4, 0.5) is 5.82 Å². The Morgan fingerprint density at radius 3 is 2.34 bits per heavy atom. The molecule has 0 unspecified atom stereocenters. The average molecular weight is 497 g/mol. The van der Waals surface area contributed by atoms with Gasteiger partial charge in [0.15, 0.2) is 5.82 Å². The minimum atomic E-state index is 0.755. The molecule has 0 fully saturated rings. The third-order valence-electron chi connectivity index (χ3n) is 7.40. The van der Waals surface area contributed by atoms with E-state index >= 15 is 0 Å². The molecule has 0 atom stereocenters. The minimum absolute atomic E-state index is 0.755. The summed E-state index contributed by atoms with van der Waals surface area (Å²) < 4.78 is 2.37. The standard InChI is InChI=1S/C34H32N4/c1-3-35-34-24(2)30-19-10-11-20-32(30)38(34)29-18-12-17-27(22-29)31-23-28(21-25-13-6-4-7-14-25)36-33(37-31)26-15-8-5-9-16-26/h3-9,12-18,22-23H,10-11,19-21H2,1-2H3/b35-3-. The summed E-state index contributed by atoms with van der Waals surface area (Å²) in [5.74, 6) is 1.80. The summed E-state index contributed by atoms with van der Waals surface area (Å²) in [7, 11) is 0. The number of fused-ring (bicyclic) bond motifs is 1. The molecule has 38 heavy (non-hydrogen) atoms. The first kappa shape index (κ1) is 24.1. The molecule has 0 radical (unpaired) electrons. The van der Waals surface area contributed by atoms with Gasteiger partial charge in [-0.3, -0.25) is 4.57 Å². The van der Waals surface area contributed by atoms with Crippen molar-refractivity contribution < 1.29 is 0 Å². The molecule has 5 aromatic rings. The predicted octanol–water partition coefficient (Wildman–Crippen LogP) is 8.10. The Hall–Kier alpha value is -4.31. The largest absolute Gasteiger partial charge is 0.298 e. The molecule has 0 saturated carbocycles. The van der Waals surface area contributed by atoms with E-state index in [0.717, 1.165) is 59.1 Å². The van der Waals surface area contributed by atoms with Gasteiger partial charge in [0.25, 0.3) is 0 Å². The van der Waals surface area contributed by atoms with E-state index < -0.39 is 0 Å². The second-order valence-electron chi connectivity index (χ2n) is 9.95. The van der Waals surface area contributed by atoms with Crippen LogP contribution >= 0.6 is 0 Å². The second kappa shape index (κ2) is 10.6. The summed E-state index contributed by atoms with van der Waals surface area (Å²) in [6, 6.07) is 31.6. The van der Waals surface area contributed by atoms with Crippen molar-refractivity contribution in [3.05, 3.63) is 119 Å². The van der Waals surface area contributed by atoms with Gasteiger partial charge in [0.05, 0.1) is 5.69 Å². The fourth-order valence-corrected chi connectivity index (χ4v) is 5.59. The molecule has 0 aliphatic heterocycles. The highest BCUT2D eigenvalue weighted by molar-refractivity contribution is 5.69. The Kier molecular flexibility index (Phi) is 6.70. The highest BCUT2D eigenvalue weighted by atomic mass is 15.1. The van der Waals surface area contributed by atoms with Crippen molar-refractivity contribution in [2.75, 3.05) is 0 Å². The SMILES string of the molecule is C/C=N\c1c(C)c2c(n1-c1cccc(-c3cc(Cc4ccccc4)nc(-c4ccccc4)n3)c1)CCCC2. The van der Waals surface area contributed by atoms with Crippen LogP contribution < -0.4 is 0 Å². The Morgan fingerprint density at radius 2 is 1.55 bits per heavy atom. The van der Waals surface area contributed by atoms with Crippen LogP contribution in [0.2, 0.25) is 0 Å². The number of aliphatic imine (C=N–C) groups is 1. The molecule has 188 valence electrons.